The molecule has 1 aromatic carbocycles. The Morgan fingerprint density at radius 1 is 1.16 bits per heavy atom. The number of rotatable bonds is 6. The summed E-state index contributed by atoms with van der Waals surface area (Å²) in [7, 11) is 3.15. The molecule has 0 spiro atoms. The number of amides is 1. The molecular weight excluding hydrogens is 394 g/mol. The first-order chi connectivity index (χ1) is 15.2. The van der Waals surface area contributed by atoms with E-state index in [0.29, 0.717) is 36.1 Å². The summed E-state index contributed by atoms with van der Waals surface area (Å²) < 4.78 is 12.1. The minimum Gasteiger partial charge on any atom is -0.479 e. The average molecular weight is 415 g/mol. The first kappa shape index (κ1) is 20.3. The molecule has 0 fully saturated rings. The van der Waals surface area contributed by atoms with Gasteiger partial charge < -0.3 is 14.8 Å². The van der Waals surface area contributed by atoms with E-state index in [1.807, 2.05) is 36.4 Å². The van der Waals surface area contributed by atoms with Gasteiger partial charge in [-0.25, -0.2) is 9.98 Å². The van der Waals surface area contributed by atoms with E-state index in [0.717, 1.165) is 16.7 Å². The van der Waals surface area contributed by atoms with Crippen LogP contribution in [-0.2, 0) is 11.3 Å². The molecule has 0 aliphatic carbocycles. The van der Waals surface area contributed by atoms with Gasteiger partial charge in [0, 0.05) is 36.7 Å². The number of aromatic nitrogens is 3. The summed E-state index contributed by atoms with van der Waals surface area (Å²) in [5, 5.41) is 6.97. The number of aliphatic imine (C=N–C) groups is 1. The molecule has 4 rings (SSSR count). The number of nitrogens with one attached hydrogen (secondary N) is 1. The highest BCUT2D eigenvalue weighted by Crippen LogP contribution is 2.38. The van der Waals surface area contributed by atoms with Crippen molar-refractivity contribution in [2.45, 2.75) is 6.54 Å². The van der Waals surface area contributed by atoms with Crippen LogP contribution in [0.3, 0.4) is 0 Å². The molecule has 1 N–H and O–H groups in total. The van der Waals surface area contributed by atoms with E-state index in [1.54, 1.807) is 30.3 Å². The fourth-order valence-electron chi connectivity index (χ4n) is 3.15. The van der Waals surface area contributed by atoms with Crippen LogP contribution in [0.2, 0.25) is 0 Å². The van der Waals surface area contributed by atoms with Crippen molar-refractivity contribution in [2.24, 2.45) is 4.99 Å². The van der Waals surface area contributed by atoms with E-state index >= 15 is 0 Å². The number of amidine groups is 1. The Morgan fingerprint density at radius 2 is 2.00 bits per heavy atom. The highest BCUT2D eigenvalue weighted by molar-refractivity contribution is 6.11. The van der Waals surface area contributed by atoms with Crippen LogP contribution in [0.15, 0.2) is 65.7 Å². The second-order valence-electron chi connectivity index (χ2n) is 6.70. The number of carbonyl (C=O) groups excluding carboxylic acids is 1. The average Bonchev–Trinajstić information content (AvgIpc) is 3.18. The smallest absolute Gasteiger partial charge is 0.260 e. The number of hydrogen-bond acceptors (Lipinski definition) is 6. The van der Waals surface area contributed by atoms with Gasteiger partial charge in [0.25, 0.3) is 5.91 Å². The predicted molar refractivity (Wildman–Crippen MR) is 117 cm³/mol. The van der Waals surface area contributed by atoms with E-state index in [4.69, 9.17) is 9.47 Å². The highest BCUT2D eigenvalue weighted by atomic mass is 16.5. The summed E-state index contributed by atoms with van der Waals surface area (Å²) in [5.74, 6) is 0.368. The summed E-state index contributed by atoms with van der Waals surface area (Å²) in [6, 6.07) is 9.88. The van der Waals surface area contributed by atoms with Crippen molar-refractivity contribution >= 4 is 23.5 Å². The largest absolute Gasteiger partial charge is 0.479 e. The fourth-order valence-corrected chi connectivity index (χ4v) is 3.15. The number of pyridine rings is 1. The normalized spacial score (nSPS) is 12.1. The highest BCUT2D eigenvalue weighted by Gasteiger charge is 2.18. The van der Waals surface area contributed by atoms with Gasteiger partial charge in [-0.1, -0.05) is 30.3 Å². The first-order valence-electron chi connectivity index (χ1n) is 9.66. The Morgan fingerprint density at radius 3 is 2.77 bits per heavy atom. The minimum absolute atomic E-state index is 0.324. The second-order valence-corrected chi connectivity index (χ2v) is 6.70. The van der Waals surface area contributed by atoms with Gasteiger partial charge in [0.05, 0.1) is 32.0 Å². The molecule has 8 heteroatoms. The van der Waals surface area contributed by atoms with Crippen LogP contribution in [0, 0.1) is 0 Å². The minimum atomic E-state index is -0.324. The Kier molecular flexibility index (Phi) is 6.03. The van der Waals surface area contributed by atoms with Crippen molar-refractivity contribution in [3.05, 3.63) is 71.9 Å². The monoisotopic (exact) mass is 415 g/mol. The number of benzene rings is 1. The van der Waals surface area contributed by atoms with Crippen LogP contribution in [0.25, 0.3) is 17.2 Å². The maximum absolute atomic E-state index is 12.7. The van der Waals surface area contributed by atoms with Crippen molar-refractivity contribution < 1.29 is 14.3 Å². The Hall–Kier alpha value is -4.00. The number of nitrogens with zero attached hydrogens (tertiary/aromatic N) is 4. The molecule has 1 amide bonds. The van der Waals surface area contributed by atoms with E-state index in [-0.39, 0.29) is 5.91 Å². The molecule has 3 aromatic rings. The zero-order chi connectivity index (χ0) is 21.6. The van der Waals surface area contributed by atoms with Crippen LogP contribution >= 0.6 is 0 Å². The van der Waals surface area contributed by atoms with Crippen LogP contribution in [0.4, 0.5) is 5.69 Å². The summed E-state index contributed by atoms with van der Waals surface area (Å²) in [4.78, 5) is 21.7. The molecule has 0 saturated heterocycles. The van der Waals surface area contributed by atoms with Gasteiger partial charge in [-0.15, -0.1) is 5.73 Å². The van der Waals surface area contributed by atoms with Gasteiger partial charge in [0.1, 0.15) is 11.5 Å². The van der Waals surface area contributed by atoms with Gasteiger partial charge in [-0.2, -0.15) is 5.10 Å². The van der Waals surface area contributed by atoms with Crippen LogP contribution in [-0.4, -0.2) is 47.3 Å². The number of hydrogen-bond donors (Lipinski definition) is 1. The van der Waals surface area contributed by atoms with Crippen LogP contribution < -0.4 is 10.1 Å². The van der Waals surface area contributed by atoms with Crippen LogP contribution in [0.1, 0.15) is 15.9 Å². The number of methoxy groups -OCH3 is 2. The molecule has 0 saturated carbocycles. The van der Waals surface area contributed by atoms with Crippen molar-refractivity contribution in [3.63, 3.8) is 0 Å². The molecule has 3 heterocycles. The third kappa shape index (κ3) is 4.45. The first-order valence-corrected chi connectivity index (χ1v) is 9.66. The van der Waals surface area contributed by atoms with E-state index in [9.17, 15) is 4.79 Å². The molecular formula is C23H21N5O3. The molecule has 0 atom stereocenters. The lowest BCUT2D eigenvalue weighted by atomic mass is 10.0. The summed E-state index contributed by atoms with van der Waals surface area (Å²) in [5.41, 5.74) is 6.74. The predicted octanol–water partition coefficient (Wildman–Crippen LogP) is 3.24. The van der Waals surface area contributed by atoms with Gasteiger partial charge in [-0.05, 0) is 11.6 Å². The van der Waals surface area contributed by atoms with Crippen molar-refractivity contribution in [1.82, 2.24) is 20.1 Å². The molecule has 1 aliphatic rings. The quantitative estimate of drug-likeness (QED) is 0.624. The van der Waals surface area contributed by atoms with E-state index in [1.165, 1.54) is 13.3 Å². The fraction of sp³-hybridized carbons (Fsp3) is 0.174. The number of ether oxygens (including phenoxy) is 2. The molecule has 2 aromatic heterocycles. The maximum atomic E-state index is 12.7. The Labute approximate surface area is 179 Å². The second kappa shape index (κ2) is 9.21. The SMILES string of the molecule is COCCn1cc(C(=O)NC2=Nc3c(OC)ncc(-c4ccccc4)c3C=C=C2)cn1. The molecule has 1 aliphatic heterocycles. The van der Waals surface area contributed by atoms with Crippen molar-refractivity contribution in [1.29, 1.82) is 0 Å². The topological polar surface area (TPSA) is 90.6 Å². The summed E-state index contributed by atoms with van der Waals surface area (Å²) >= 11 is 0. The molecule has 0 radical (unpaired) electrons. The maximum Gasteiger partial charge on any atom is 0.260 e. The molecule has 156 valence electrons. The zero-order valence-corrected chi connectivity index (χ0v) is 17.2. The van der Waals surface area contributed by atoms with Gasteiger partial charge in [0.2, 0.25) is 5.88 Å². The zero-order valence-electron chi connectivity index (χ0n) is 17.2. The third-order valence-electron chi connectivity index (χ3n) is 4.68. The lowest BCUT2D eigenvalue weighted by Gasteiger charge is -2.12. The molecule has 31 heavy (non-hydrogen) atoms. The summed E-state index contributed by atoms with van der Waals surface area (Å²) in [6.45, 7) is 1.07. The van der Waals surface area contributed by atoms with Crippen LogP contribution in [0.5, 0.6) is 5.88 Å². The Balaban J connectivity index is 1.65. The lowest BCUT2D eigenvalue weighted by Crippen LogP contribution is -2.28. The molecule has 0 unspecified atom stereocenters. The van der Waals surface area contributed by atoms with E-state index in [2.05, 4.69) is 26.1 Å². The van der Waals surface area contributed by atoms with Gasteiger partial charge in [-0.3, -0.25) is 9.48 Å². The number of carbonyl (C=O) groups is 1. The standard InChI is InChI=1S/C23H21N5O3/c1-30-12-11-28-15-17(13-25-28)22(29)27-20-10-6-9-18-19(16-7-4-3-5-8-16)14-24-23(31-2)21(18)26-20/h3-5,7-10,13-15H,11-12H2,1-2H3,(H,26,27,29). The van der Waals surface area contributed by atoms with Crippen molar-refractivity contribution in [3.8, 4) is 17.0 Å². The van der Waals surface area contributed by atoms with Gasteiger partial charge >= 0.3 is 0 Å². The molecule has 8 nitrogen and oxygen atoms in total. The molecule has 0 bridgehead atoms. The lowest BCUT2D eigenvalue weighted by molar-refractivity contribution is 0.0977. The van der Waals surface area contributed by atoms with Gasteiger partial charge in [0.15, 0.2) is 0 Å². The van der Waals surface area contributed by atoms with E-state index < -0.39 is 0 Å². The van der Waals surface area contributed by atoms with Crippen molar-refractivity contribution in [2.75, 3.05) is 20.8 Å². The number of fused-ring (bicyclic) bond motifs is 1. The summed E-state index contributed by atoms with van der Waals surface area (Å²) in [6.07, 6.45) is 8.34. The third-order valence-corrected chi connectivity index (χ3v) is 4.68. The Bertz CT molecular complexity index is 1190.